The van der Waals surface area contributed by atoms with Crippen LogP contribution in [0.4, 0.5) is 0 Å². The fraction of sp³-hybridized carbons (Fsp3) is 0.600. The molecule has 0 bridgehead atoms. The fourth-order valence-electron chi connectivity index (χ4n) is 2.58. The summed E-state index contributed by atoms with van der Waals surface area (Å²) in [6.07, 6.45) is 7.35. The second kappa shape index (κ2) is 6.69. The van der Waals surface area contributed by atoms with E-state index in [9.17, 15) is 0 Å². The van der Waals surface area contributed by atoms with Gasteiger partial charge in [0.25, 0.3) is 0 Å². The number of rotatable bonds is 4. The predicted octanol–water partition coefficient (Wildman–Crippen LogP) is 4.02. The highest BCUT2D eigenvalue weighted by Crippen LogP contribution is 2.25. The first-order chi connectivity index (χ1) is 8.68. The van der Waals surface area contributed by atoms with E-state index in [1.807, 2.05) is 12.1 Å². The summed E-state index contributed by atoms with van der Waals surface area (Å²) >= 11 is 3.47. The summed E-state index contributed by atoms with van der Waals surface area (Å²) in [6, 6.07) is 8.24. The van der Waals surface area contributed by atoms with Crippen molar-refractivity contribution in [2.75, 3.05) is 6.61 Å². The number of nitrogens with two attached hydrogens (primary N) is 1. The van der Waals surface area contributed by atoms with Crippen molar-refractivity contribution in [1.29, 1.82) is 0 Å². The lowest BCUT2D eigenvalue weighted by Gasteiger charge is -2.27. The molecule has 0 radical (unpaired) electrons. The van der Waals surface area contributed by atoms with Gasteiger partial charge in [0, 0.05) is 10.0 Å². The van der Waals surface area contributed by atoms with Crippen molar-refractivity contribution in [2.24, 2.45) is 5.73 Å². The highest BCUT2D eigenvalue weighted by Gasteiger charge is 2.26. The van der Waals surface area contributed by atoms with Crippen LogP contribution in [0.25, 0.3) is 0 Å². The highest BCUT2D eigenvalue weighted by molar-refractivity contribution is 9.10. The van der Waals surface area contributed by atoms with E-state index in [0.717, 1.165) is 17.3 Å². The summed E-state index contributed by atoms with van der Waals surface area (Å²) in [5, 5.41) is 0. The maximum absolute atomic E-state index is 6.42. The number of ether oxygens (including phenoxy) is 1. The van der Waals surface area contributed by atoms with Gasteiger partial charge in [-0.1, -0.05) is 53.7 Å². The molecular formula is C15H22BrNO. The van der Waals surface area contributed by atoms with E-state index < -0.39 is 0 Å². The number of halogens is 1. The lowest BCUT2D eigenvalue weighted by atomic mass is 9.93. The Morgan fingerprint density at radius 3 is 2.56 bits per heavy atom. The van der Waals surface area contributed by atoms with E-state index in [1.165, 1.54) is 31.2 Å². The molecule has 18 heavy (non-hydrogen) atoms. The molecular weight excluding hydrogens is 290 g/mol. The van der Waals surface area contributed by atoms with Gasteiger partial charge in [-0.25, -0.2) is 0 Å². The predicted molar refractivity (Wildman–Crippen MR) is 78.4 cm³/mol. The first kappa shape index (κ1) is 14.0. The number of benzene rings is 1. The molecule has 0 aliphatic heterocycles. The zero-order valence-corrected chi connectivity index (χ0v) is 12.4. The Balaban J connectivity index is 1.80. The largest absolute Gasteiger partial charge is 0.375 e. The minimum absolute atomic E-state index is 0.0947. The van der Waals surface area contributed by atoms with Crippen LogP contribution in [-0.2, 0) is 11.3 Å². The van der Waals surface area contributed by atoms with Crippen molar-refractivity contribution >= 4 is 15.9 Å². The molecule has 0 amide bonds. The van der Waals surface area contributed by atoms with Crippen molar-refractivity contribution in [3.63, 3.8) is 0 Å². The Kier molecular flexibility index (Phi) is 5.22. The van der Waals surface area contributed by atoms with Crippen LogP contribution in [0.2, 0.25) is 0 Å². The van der Waals surface area contributed by atoms with Gasteiger partial charge < -0.3 is 10.5 Å². The zero-order chi connectivity index (χ0) is 12.8. The maximum Gasteiger partial charge on any atom is 0.0718 e. The molecule has 0 atom stereocenters. The van der Waals surface area contributed by atoms with Crippen molar-refractivity contribution in [2.45, 2.75) is 50.7 Å². The topological polar surface area (TPSA) is 35.2 Å². The standard InChI is InChI=1S/C15H22BrNO/c16-14-7-5-6-13(10-14)11-18-12-15(17)8-3-1-2-4-9-15/h5-7,10H,1-4,8-9,11-12,17H2. The van der Waals surface area contributed by atoms with Crippen LogP contribution in [-0.4, -0.2) is 12.1 Å². The Labute approximate surface area is 118 Å². The van der Waals surface area contributed by atoms with Crippen molar-refractivity contribution < 1.29 is 4.74 Å². The van der Waals surface area contributed by atoms with E-state index in [0.29, 0.717) is 13.2 Å². The van der Waals surface area contributed by atoms with Crippen LogP contribution in [0.5, 0.6) is 0 Å². The molecule has 2 nitrogen and oxygen atoms in total. The molecule has 0 aromatic heterocycles. The molecule has 0 heterocycles. The molecule has 0 unspecified atom stereocenters. The summed E-state index contributed by atoms with van der Waals surface area (Å²) in [6.45, 7) is 1.33. The zero-order valence-electron chi connectivity index (χ0n) is 10.8. The van der Waals surface area contributed by atoms with Crippen LogP contribution in [0.3, 0.4) is 0 Å². The van der Waals surface area contributed by atoms with Crippen LogP contribution in [0.15, 0.2) is 28.7 Å². The van der Waals surface area contributed by atoms with Gasteiger partial charge >= 0.3 is 0 Å². The summed E-state index contributed by atoms with van der Waals surface area (Å²) in [4.78, 5) is 0. The molecule has 1 aliphatic rings. The molecule has 1 aromatic rings. The lowest BCUT2D eigenvalue weighted by Crippen LogP contribution is -2.43. The molecule has 2 rings (SSSR count). The minimum atomic E-state index is -0.0947. The Hall–Kier alpha value is -0.380. The Bertz CT molecular complexity index is 373. The minimum Gasteiger partial charge on any atom is -0.375 e. The van der Waals surface area contributed by atoms with Crippen LogP contribution >= 0.6 is 15.9 Å². The summed E-state index contributed by atoms with van der Waals surface area (Å²) in [5.74, 6) is 0. The second-order valence-corrected chi connectivity index (χ2v) is 6.31. The van der Waals surface area contributed by atoms with Crippen LogP contribution in [0, 0.1) is 0 Å². The third kappa shape index (κ3) is 4.38. The van der Waals surface area contributed by atoms with Gasteiger partial charge in [-0.05, 0) is 30.5 Å². The first-order valence-corrected chi connectivity index (χ1v) is 7.58. The van der Waals surface area contributed by atoms with E-state index in [-0.39, 0.29) is 5.54 Å². The fourth-order valence-corrected chi connectivity index (χ4v) is 3.02. The van der Waals surface area contributed by atoms with Gasteiger partial charge in [0.15, 0.2) is 0 Å². The average Bonchev–Trinajstić information content (AvgIpc) is 2.55. The van der Waals surface area contributed by atoms with Crippen LogP contribution in [0.1, 0.15) is 44.1 Å². The summed E-state index contributed by atoms with van der Waals surface area (Å²) < 4.78 is 6.92. The molecule has 1 aromatic carbocycles. The monoisotopic (exact) mass is 311 g/mol. The van der Waals surface area contributed by atoms with Gasteiger partial charge in [-0.15, -0.1) is 0 Å². The van der Waals surface area contributed by atoms with Gasteiger partial charge in [0.1, 0.15) is 0 Å². The van der Waals surface area contributed by atoms with Crippen molar-refractivity contribution in [1.82, 2.24) is 0 Å². The van der Waals surface area contributed by atoms with Crippen molar-refractivity contribution in [3.8, 4) is 0 Å². The third-order valence-corrected chi connectivity index (χ3v) is 4.14. The molecule has 1 saturated carbocycles. The Morgan fingerprint density at radius 2 is 1.89 bits per heavy atom. The SMILES string of the molecule is NC1(COCc2cccc(Br)c2)CCCCCC1. The van der Waals surface area contributed by atoms with Gasteiger partial charge in [-0.3, -0.25) is 0 Å². The molecule has 100 valence electrons. The van der Waals surface area contributed by atoms with E-state index >= 15 is 0 Å². The maximum atomic E-state index is 6.42. The van der Waals surface area contributed by atoms with E-state index in [1.54, 1.807) is 0 Å². The first-order valence-electron chi connectivity index (χ1n) is 6.79. The molecule has 3 heteroatoms. The van der Waals surface area contributed by atoms with Crippen LogP contribution < -0.4 is 5.73 Å². The number of hydrogen-bond donors (Lipinski definition) is 1. The van der Waals surface area contributed by atoms with Crippen molar-refractivity contribution in [3.05, 3.63) is 34.3 Å². The smallest absolute Gasteiger partial charge is 0.0718 e. The van der Waals surface area contributed by atoms with Gasteiger partial charge in [0.2, 0.25) is 0 Å². The molecule has 2 N–H and O–H groups in total. The second-order valence-electron chi connectivity index (χ2n) is 5.40. The van der Waals surface area contributed by atoms with E-state index in [4.69, 9.17) is 10.5 Å². The molecule has 0 saturated heterocycles. The lowest BCUT2D eigenvalue weighted by molar-refractivity contribution is 0.0667. The molecule has 0 spiro atoms. The van der Waals surface area contributed by atoms with Gasteiger partial charge in [0.05, 0.1) is 13.2 Å². The normalized spacial score (nSPS) is 19.4. The Morgan fingerprint density at radius 1 is 1.17 bits per heavy atom. The molecule has 1 aliphatic carbocycles. The number of hydrogen-bond acceptors (Lipinski definition) is 2. The van der Waals surface area contributed by atoms with Gasteiger partial charge in [-0.2, -0.15) is 0 Å². The third-order valence-electron chi connectivity index (χ3n) is 3.65. The molecule has 1 fully saturated rings. The summed E-state index contributed by atoms with van der Waals surface area (Å²) in [5.41, 5.74) is 7.52. The average molecular weight is 312 g/mol. The summed E-state index contributed by atoms with van der Waals surface area (Å²) in [7, 11) is 0. The van der Waals surface area contributed by atoms with E-state index in [2.05, 4.69) is 28.1 Å². The highest BCUT2D eigenvalue weighted by atomic mass is 79.9. The quantitative estimate of drug-likeness (QED) is 0.852.